The highest BCUT2D eigenvalue weighted by molar-refractivity contribution is 9.10. The number of aliphatic imine (C=N–C) groups is 1. The Hall–Kier alpha value is -3.01. The third-order valence-electron chi connectivity index (χ3n) is 7.53. The molecule has 0 bridgehead atoms. The fraction of sp³-hybridized carbons (Fsp3) is 0.182. The van der Waals surface area contributed by atoms with E-state index >= 15 is 0 Å². The standard InChI is InChI=1S/C25H21Br.C8H7NS/c1-16-14-24-19-8-5-9-25(26)22(19)13-12-21(24)20-11-10-18(15-23(16)20)17-6-3-2-4-7-17;1-4-9-5-2-8-7(1)3-6-10-8/h2-13,16,18H,14-15H2,1H3;2-6H,1H2. The molecule has 1 nitrogen and oxygen atoms in total. The monoisotopic (exact) mass is 549 g/mol. The van der Waals surface area contributed by atoms with E-state index < -0.39 is 0 Å². The summed E-state index contributed by atoms with van der Waals surface area (Å²) >= 11 is 5.49. The molecule has 0 radical (unpaired) electrons. The van der Waals surface area contributed by atoms with E-state index in [0.29, 0.717) is 11.8 Å². The molecule has 2 heterocycles. The van der Waals surface area contributed by atoms with Gasteiger partial charge in [-0.1, -0.05) is 95.2 Å². The van der Waals surface area contributed by atoms with Crippen molar-refractivity contribution in [3.05, 3.63) is 128 Å². The zero-order chi connectivity index (χ0) is 24.5. The first-order valence-electron chi connectivity index (χ1n) is 12.6. The lowest BCUT2D eigenvalue weighted by Gasteiger charge is -2.33. The van der Waals surface area contributed by atoms with E-state index in [1.807, 2.05) is 12.4 Å². The van der Waals surface area contributed by atoms with Gasteiger partial charge >= 0.3 is 0 Å². The van der Waals surface area contributed by atoms with Crippen molar-refractivity contribution in [2.24, 2.45) is 10.9 Å². The van der Waals surface area contributed by atoms with Crippen LogP contribution in [0.25, 0.3) is 22.4 Å². The molecule has 1 aliphatic heterocycles. The molecule has 2 atom stereocenters. The molecular formula is C33H28BrNS. The van der Waals surface area contributed by atoms with Crippen LogP contribution < -0.4 is 0 Å². The molecule has 4 aromatic rings. The molecule has 3 aliphatic rings. The summed E-state index contributed by atoms with van der Waals surface area (Å²) in [5, 5.41) is 4.84. The van der Waals surface area contributed by atoms with Crippen LogP contribution in [0, 0.1) is 5.92 Å². The van der Waals surface area contributed by atoms with Crippen molar-refractivity contribution in [1.82, 2.24) is 0 Å². The molecule has 2 unspecified atom stereocenters. The maximum atomic E-state index is 4.06. The third kappa shape index (κ3) is 4.47. The SMILES string of the molecule is C1=Cc2sccc2CC=N1.CC1Cc2c(ccc3c(Br)cccc23)C2=C1CC(c1ccccc1)C=C2. The Bertz CT molecular complexity index is 1540. The average molecular weight is 551 g/mol. The summed E-state index contributed by atoms with van der Waals surface area (Å²) in [6.45, 7) is 2.40. The first-order valence-corrected chi connectivity index (χ1v) is 14.3. The zero-order valence-electron chi connectivity index (χ0n) is 20.3. The van der Waals surface area contributed by atoms with Crippen LogP contribution in [0.1, 0.15) is 46.4 Å². The molecule has 36 heavy (non-hydrogen) atoms. The van der Waals surface area contributed by atoms with Gasteiger partial charge in [-0.2, -0.15) is 0 Å². The Labute approximate surface area is 225 Å². The minimum atomic E-state index is 0.508. The Kier molecular flexibility index (Phi) is 6.60. The number of hydrogen-bond donors (Lipinski definition) is 0. The zero-order valence-corrected chi connectivity index (χ0v) is 22.7. The fourth-order valence-electron chi connectivity index (χ4n) is 5.66. The Balaban J connectivity index is 0.000000200. The molecule has 3 heteroatoms. The number of fused-ring (bicyclic) bond motifs is 5. The van der Waals surface area contributed by atoms with Gasteiger partial charge in [0.05, 0.1) is 0 Å². The number of nitrogens with zero attached hydrogens (tertiary/aromatic N) is 1. The molecule has 0 saturated carbocycles. The summed E-state index contributed by atoms with van der Waals surface area (Å²) in [4.78, 5) is 5.40. The van der Waals surface area contributed by atoms with E-state index in [4.69, 9.17) is 0 Å². The molecule has 0 N–H and O–H groups in total. The van der Waals surface area contributed by atoms with Gasteiger partial charge in [0.25, 0.3) is 0 Å². The minimum absolute atomic E-state index is 0.508. The summed E-state index contributed by atoms with van der Waals surface area (Å²) < 4.78 is 1.19. The van der Waals surface area contributed by atoms with Gasteiger partial charge in [-0.05, 0) is 80.9 Å². The Morgan fingerprint density at radius 1 is 0.889 bits per heavy atom. The van der Waals surface area contributed by atoms with Crippen LogP contribution in [-0.4, -0.2) is 6.21 Å². The van der Waals surface area contributed by atoms with Crippen molar-refractivity contribution >= 4 is 55.9 Å². The van der Waals surface area contributed by atoms with Gasteiger partial charge < -0.3 is 0 Å². The number of hydrogen-bond acceptors (Lipinski definition) is 2. The number of halogens is 1. The largest absolute Gasteiger partial charge is 0.269 e. The van der Waals surface area contributed by atoms with E-state index in [0.717, 1.165) is 19.3 Å². The van der Waals surface area contributed by atoms with Gasteiger partial charge in [-0.25, -0.2) is 0 Å². The van der Waals surface area contributed by atoms with Gasteiger partial charge in [-0.15, -0.1) is 11.3 Å². The Morgan fingerprint density at radius 3 is 2.67 bits per heavy atom. The molecule has 7 rings (SSSR count). The van der Waals surface area contributed by atoms with Crippen LogP contribution in [0.5, 0.6) is 0 Å². The highest BCUT2D eigenvalue weighted by atomic mass is 79.9. The first-order chi connectivity index (χ1) is 17.7. The van der Waals surface area contributed by atoms with Gasteiger partial charge in [0.1, 0.15) is 0 Å². The van der Waals surface area contributed by atoms with Crippen LogP contribution >= 0.6 is 27.3 Å². The van der Waals surface area contributed by atoms with Crippen LogP contribution in [0.2, 0.25) is 0 Å². The maximum Gasteiger partial charge on any atom is 0.0321 e. The number of thiophene rings is 1. The lowest BCUT2D eigenvalue weighted by atomic mass is 9.71. The highest BCUT2D eigenvalue weighted by Gasteiger charge is 2.29. The second kappa shape index (κ2) is 10.2. The Morgan fingerprint density at radius 2 is 1.78 bits per heavy atom. The summed E-state index contributed by atoms with van der Waals surface area (Å²) in [7, 11) is 0. The van der Waals surface area contributed by atoms with Crippen molar-refractivity contribution in [1.29, 1.82) is 0 Å². The minimum Gasteiger partial charge on any atom is -0.269 e. The second-order valence-corrected chi connectivity index (χ2v) is 11.5. The molecule has 0 spiro atoms. The molecule has 0 amide bonds. The third-order valence-corrected chi connectivity index (χ3v) is 9.15. The summed E-state index contributed by atoms with van der Waals surface area (Å²) in [5.74, 6) is 1.10. The molecule has 1 aromatic heterocycles. The summed E-state index contributed by atoms with van der Waals surface area (Å²) in [6.07, 6.45) is 13.9. The van der Waals surface area contributed by atoms with Crippen molar-refractivity contribution in [3.8, 4) is 0 Å². The molecule has 2 aliphatic carbocycles. The van der Waals surface area contributed by atoms with Crippen molar-refractivity contribution in [2.45, 2.75) is 32.1 Å². The average Bonchev–Trinajstić information content (AvgIpc) is 3.25. The van der Waals surface area contributed by atoms with Crippen LogP contribution in [0.4, 0.5) is 0 Å². The predicted molar refractivity (Wildman–Crippen MR) is 160 cm³/mol. The topological polar surface area (TPSA) is 12.4 Å². The molecule has 178 valence electrons. The lowest BCUT2D eigenvalue weighted by Crippen LogP contribution is -2.18. The van der Waals surface area contributed by atoms with Crippen LogP contribution in [-0.2, 0) is 12.8 Å². The highest BCUT2D eigenvalue weighted by Crippen LogP contribution is 2.46. The first kappa shape index (κ1) is 23.4. The lowest BCUT2D eigenvalue weighted by molar-refractivity contribution is 0.614. The van der Waals surface area contributed by atoms with Gasteiger partial charge in [0, 0.05) is 34.1 Å². The van der Waals surface area contributed by atoms with E-state index in [9.17, 15) is 0 Å². The number of allylic oxidation sites excluding steroid dienone is 4. The van der Waals surface area contributed by atoms with E-state index in [1.165, 1.54) is 47.9 Å². The molecule has 0 saturated heterocycles. The predicted octanol–water partition coefficient (Wildman–Crippen LogP) is 9.64. The van der Waals surface area contributed by atoms with Crippen molar-refractivity contribution in [2.75, 3.05) is 0 Å². The molecule has 0 fully saturated rings. The number of rotatable bonds is 1. The molecular weight excluding hydrogens is 522 g/mol. The van der Waals surface area contributed by atoms with Gasteiger partial charge in [0.2, 0.25) is 0 Å². The van der Waals surface area contributed by atoms with E-state index in [-0.39, 0.29) is 0 Å². The van der Waals surface area contributed by atoms with E-state index in [1.54, 1.807) is 16.9 Å². The van der Waals surface area contributed by atoms with Gasteiger partial charge in [-0.3, -0.25) is 4.99 Å². The van der Waals surface area contributed by atoms with Crippen molar-refractivity contribution < 1.29 is 0 Å². The maximum absolute atomic E-state index is 4.06. The fourth-order valence-corrected chi connectivity index (χ4v) is 6.98. The van der Waals surface area contributed by atoms with Crippen LogP contribution in [0.3, 0.4) is 0 Å². The van der Waals surface area contributed by atoms with E-state index in [2.05, 4.69) is 118 Å². The smallest absolute Gasteiger partial charge is 0.0321 e. The van der Waals surface area contributed by atoms with Gasteiger partial charge in [0.15, 0.2) is 0 Å². The normalized spacial score (nSPS) is 19.7. The number of benzene rings is 3. The van der Waals surface area contributed by atoms with Crippen LogP contribution in [0.15, 0.2) is 106 Å². The molecule has 3 aromatic carbocycles. The summed E-state index contributed by atoms with van der Waals surface area (Å²) in [6, 6.07) is 24.2. The van der Waals surface area contributed by atoms with Crippen molar-refractivity contribution in [3.63, 3.8) is 0 Å². The summed E-state index contributed by atoms with van der Waals surface area (Å²) in [5.41, 5.74) is 8.86. The quantitative estimate of drug-likeness (QED) is 0.224. The second-order valence-electron chi connectivity index (χ2n) is 9.71.